The lowest BCUT2D eigenvalue weighted by atomic mass is 10.1. The van der Waals surface area contributed by atoms with Crippen molar-refractivity contribution >= 4 is 18.1 Å². The fourth-order valence-corrected chi connectivity index (χ4v) is 2.01. The molecule has 0 aliphatic rings. The molecule has 0 heterocycles. The number of aryl methyl sites for hydroxylation is 1. The van der Waals surface area contributed by atoms with Gasteiger partial charge in [-0.1, -0.05) is 17.7 Å². The van der Waals surface area contributed by atoms with Gasteiger partial charge in [-0.25, -0.2) is 5.06 Å². The van der Waals surface area contributed by atoms with Crippen molar-refractivity contribution in [1.29, 1.82) is 0 Å². The molecule has 6 nitrogen and oxygen atoms in total. The highest BCUT2D eigenvalue weighted by molar-refractivity contribution is 5.94. The first-order chi connectivity index (χ1) is 11.0. The molecule has 0 spiro atoms. The van der Waals surface area contributed by atoms with Crippen LogP contribution in [0.3, 0.4) is 0 Å². The smallest absolute Gasteiger partial charge is 0.251 e. The van der Waals surface area contributed by atoms with Gasteiger partial charge in [0.05, 0.1) is 0 Å². The molecule has 1 aromatic rings. The number of unbranched alkanes of at least 4 members (excludes halogenated alkanes) is 2. The standard InChI is InChI=1S/C17H24N2O4/c1-14-7-9-15(10-8-14)17(22)18-11-3-2-4-12-19(23)16(21)6-5-13-20/h7-10,13,23H,2-6,11-12H2,1H3,(H,18,22). The van der Waals surface area contributed by atoms with Gasteiger partial charge in [0.15, 0.2) is 0 Å². The van der Waals surface area contributed by atoms with Gasteiger partial charge in [-0.15, -0.1) is 0 Å². The van der Waals surface area contributed by atoms with Crippen molar-refractivity contribution < 1.29 is 19.6 Å². The minimum absolute atomic E-state index is 0.0343. The molecule has 0 radical (unpaired) electrons. The molecule has 0 saturated carbocycles. The maximum atomic E-state index is 11.9. The lowest BCUT2D eigenvalue weighted by molar-refractivity contribution is -0.165. The van der Waals surface area contributed by atoms with Crippen LogP contribution in [0.25, 0.3) is 0 Å². The van der Waals surface area contributed by atoms with Gasteiger partial charge in [0.25, 0.3) is 5.91 Å². The minimum Gasteiger partial charge on any atom is -0.352 e. The van der Waals surface area contributed by atoms with Crippen LogP contribution in [-0.4, -0.2) is 41.5 Å². The number of carbonyl (C=O) groups excluding carboxylic acids is 3. The Hall–Kier alpha value is -2.21. The van der Waals surface area contributed by atoms with E-state index in [9.17, 15) is 19.6 Å². The van der Waals surface area contributed by atoms with Crippen molar-refractivity contribution in [3.63, 3.8) is 0 Å². The van der Waals surface area contributed by atoms with Crippen molar-refractivity contribution in [2.24, 2.45) is 0 Å². The van der Waals surface area contributed by atoms with Crippen molar-refractivity contribution in [2.75, 3.05) is 13.1 Å². The predicted molar refractivity (Wildman–Crippen MR) is 86.2 cm³/mol. The summed E-state index contributed by atoms with van der Waals surface area (Å²) in [6.07, 6.45) is 3.01. The maximum Gasteiger partial charge on any atom is 0.251 e. The Kier molecular flexibility index (Phi) is 8.60. The normalized spacial score (nSPS) is 10.2. The number of rotatable bonds is 10. The summed E-state index contributed by atoms with van der Waals surface area (Å²) in [5, 5.41) is 13.0. The first kappa shape index (κ1) is 18.8. The number of amides is 2. The van der Waals surface area contributed by atoms with Gasteiger partial charge in [0.1, 0.15) is 6.29 Å². The van der Waals surface area contributed by atoms with Gasteiger partial charge >= 0.3 is 0 Å². The average molecular weight is 320 g/mol. The van der Waals surface area contributed by atoms with Gasteiger partial charge in [0, 0.05) is 31.5 Å². The maximum absolute atomic E-state index is 11.9. The second-order valence-electron chi connectivity index (χ2n) is 5.40. The molecule has 126 valence electrons. The van der Waals surface area contributed by atoms with E-state index >= 15 is 0 Å². The van der Waals surface area contributed by atoms with Crippen LogP contribution in [0, 0.1) is 6.92 Å². The van der Waals surface area contributed by atoms with Gasteiger partial charge in [0.2, 0.25) is 5.91 Å². The highest BCUT2D eigenvalue weighted by Crippen LogP contribution is 2.03. The Bertz CT molecular complexity index is 514. The van der Waals surface area contributed by atoms with Crippen LogP contribution < -0.4 is 5.32 Å². The largest absolute Gasteiger partial charge is 0.352 e. The number of hydrogen-bond acceptors (Lipinski definition) is 4. The van der Waals surface area contributed by atoms with Crippen molar-refractivity contribution in [3.8, 4) is 0 Å². The summed E-state index contributed by atoms with van der Waals surface area (Å²) in [6.45, 7) is 2.76. The summed E-state index contributed by atoms with van der Waals surface area (Å²) in [5.41, 5.74) is 1.75. The number of benzene rings is 1. The molecule has 0 aromatic heterocycles. The lowest BCUT2D eigenvalue weighted by Crippen LogP contribution is -2.28. The van der Waals surface area contributed by atoms with E-state index < -0.39 is 5.91 Å². The van der Waals surface area contributed by atoms with Crippen molar-refractivity contribution in [1.82, 2.24) is 10.4 Å². The zero-order valence-electron chi connectivity index (χ0n) is 13.5. The molecule has 2 amide bonds. The van der Waals surface area contributed by atoms with Gasteiger partial charge in [-0.2, -0.15) is 0 Å². The van der Waals surface area contributed by atoms with Gasteiger partial charge in [-0.05, 0) is 38.3 Å². The Morgan fingerprint density at radius 3 is 2.52 bits per heavy atom. The highest BCUT2D eigenvalue weighted by Gasteiger charge is 2.09. The molecule has 0 atom stereocenters. The van der Waals surface area contributed by atoms with Crippen LogP contribution in [0.4, 0.5) is 0 Å². The zero-order chi connectivity index (χ0) is 17.1. The molecule has 0 saturated heterocycles. The summed E-state index contributed by atoms with van der Waals surface area (Å²) >= 11 is 0. The first-order valence-electron chi connectivity index (χ1n) is 7.82. The molecule has 1 rings (SSSR count). The van der Waals surface area contributed by atoms with Crippen LogP contribution in [0.1, 0.15) is 48.0 Å². The third-order valence-electron chi connectivity index (χ3n) is 3.41. The molecule has 23 heavy (non-hydrogen) atoms. The molecular formula is C17H24N2O4. The minimum atomic E-state index is -0.440. The van der Waals surface area contributed by atoms with E-state index in [2.05, 4.69) is 5.32 Å². The van der Waals surface area contributed by atoms with Crippen LogP contribution in [0.5, 0.6) is 0 Å². The number of nitrogens with zero attached hydrogens (tertiary/aromatic N) is 1. The molecular weight excluding hydrogens is 296 g/mol. The van der Waals surface area contributed by atoms with Crippen LogP contribution in [-0.2, 0) is 9.59 Å². The molecule has 0 aliphatic heterocycles. The number of aldehydes is 1. The molecule has 6 heteroatoms. The summed E-state index contributed by atoms with van der Waals surface area (Å²) in [6, 6.07) is 7.37. The van der Waals surface area contributed by atoms with Gasteiger partial charge < -0.3 is 10.1 Å². The number of hydrogen-bond donors (Lipinski definition) is 2. The quantitative estimate of drug-likeness (QED) is 0.299. The molecule has 1 aromatic carbocycles. The molecule has 0 unspecified atom stereocenters. The first-order valence-corrected chi connectivity index (χ1v) is 7.82. The summed E-state index contributed by atoms with van der Waals surface area (Å²) in [4.78, 5) is 33.4. The Morgan fingerprint density at radius 2 is 1.87 bits per heavy atom. The van der Waals surface area contributed by atoms with E-state index in [0.717, 1.165) is 18.4 Å². The topological polar surface area (TPSA) is 86.7 Å². The molecule has 0 aliphatic carbocycles. The Labute approximate surface area is 136 Å². The van der Waals surface area contributed by atoms with Crippen LogP contribution >= 0.6 is 0 Å². The summed E-state index contributed by atoms with van der Waals surface area (Å²) in [7, 11) is 0. The van der Waals surface area contributed by atoms with Crippen molar-refractivity contribution in [2.45, 2.75) is 39.0 Å². The second-order valence-corrected chi connectivity index (χ2v) is 5.40. The van der Waals surface area contributed by atoms with Crippen LogP contribution in [0.2, 0.25) is 0 Å². The number of nitrogens with one attached hydrogen (secondary N) is 1. The summed E-state index contributed by atoms with van der Waals surface area (Å²) < 4.78 is 0. The lowest BCUT2D eigenvalue weighted by Gasteiger charge is -2.14. The Balaban J connectivity index is 2.11. The second kappa shape index (κ2) is 10.5. The molecule has 2 N–H and O–H groups in total. The zero-order valence-corrected chi connectivity index (χ0v) is 13.5. The van der Waals surface area contributed by atoms with E-state index in [4.69, 9.17) is 0 Å². The molecule has 0 fully saturated rings. The highest BCUT2D eigenvalue weighted by atomic mass is 16.5. The fourth-order valence-electron chi connectivity index (χ4n) is 2.01. The Morgan fingerprint density at radius 1 is 1.17 bits per heavy atom. The number of carbonyl (C=O) groups is 3. The predicted octanol–water partition coefficient (Wildman–Crippen LogP) is 2.09. The number of hydroxylamine groups is 2. The van der Waals surface area contributed by atoms with E-state index in [0.29, 0.717) is 29.9 Å². The van der Waals surface area contributed by atoms with E-state index in [-0.39, 0.29) is 25.3 Å². The van der Waals surface area contributed by atoms with E-state index in [1.165, 1.54) is 0 Å². The van der Waals surface area contributed by atoms with Crippen LogP contribution in [0.15, 0.2) is 24.3 Å². The third-order valence-corrected chi connectivity index (χ3v) is 3.41. The van der Waals surface area contributed by atoms with Gasteiger partial charge in [-0.3, -0.25) is 14.8 Å². The van der Waals surface area contributed by atoms with E-state index in [1.54, 1.807) is 12.1 Å². The van der Waals surface area contributed by atoms with E-state index in [1.807, 2.05) is 19.1 Å². The van der Waals surface area contributed by atoms with Crippen molar-refractivity contribution in [3.05, 3.63) is 35.4 Å². The summed E-state index contributed by atoms with van der Waals surface area (Å²) in [5.74, 6) is -0.539. The molecule has 0 bridgehead atoms. The third kappa shape index (κ3) is 7.56. The average Bonchev–Trinajstić information content (AvgIpc) is 2.55. The fraction of sp³-hybridized carbons (Fsp3) is 0.471. The monoisotopic (exact) mass is 320 g/mol. The SMILES string of the molecule is Cc1ccc(C(=O)NCCCCCN(O)C(=O)CCC=O)cc1.